The molecule has 0 bridgehead atoms. The number of carbonyl (C=O) groups excluding carboxylic acids is 1. The van der Waals surface area contributed by atoms with Crippen molar-refractivity contribution in [2.24, 2.45) is 5.10 Å². The highest BCUT2D eigenvalue weighted by Crippen LogP contribution is 2.30. The largest absolute Gasteiger partial charge is 0.490 e. The second-order valence-electron chi connectivity index (χ2n) is 4.48. The van der Waals surface area contributed by atoms with Crippen molar-refractivity contribution in [2.75, 3.05) is 12.0 Å². The van der Waals surface area contributed by atoms with Gasteiger partial charge in [-0.1, -0.05) is 0 Å². The van der Waals surface area contributed by atoms with Gasteiger partial charge in [-0.3, -0.25) is 5.43 Å². The van der Waals surface area contributed by atoms with Gasteiger partial charge in [-0.25, -0.2) is 4.79 Å². The first-order valence-electron chi connectivity index (χ1n) is 6.37. The molecule has 0 saturated heterocycles. The van der Waals surface area contributed by atoms with Gasteiger partial charge in [-0.05, 0) is 44.5 Å². The van der Waals surface area contributed by atoms with Crippen LogP contribution in [0.25, 0.3) is 0 Å². The van der Waals surface area contributed by atoms with Gasteiger partial charge in [0.25, 0.3) is 0 Å². The van der Waals surface area contributed by atoms with Crippen LogP contribution < -0.4 is 10.2 Å². The maximum Gasteiger partial charge on any atom is 0.354 e. The van der Waals surface area contributed by atoms with Crippen molar-refractivity contribution in [2.45, 2.75) is 33.3 Å². The molecule has 1 heterocycles. The van der Waals surface area contributed by atoms with Crippen LogP contribution >= 0.6 is 0 Å². The normalized spacial score (nSPS) is 17.6. The Morgan fingerprint density at radius 3 is 3.11 bits per heavy atom. The maximum absolute atomic E-state index is 11.4. The minimum atomic E-state index is -0.409. The summed E-state index contributed by atoms with van der Waals surface area (Å²) in [6.45, 7) is 5.76. The molecule has 1 aromatic rings. The summed E-state index contributed by atoms with van der Waals surface area (Å²) in [5.74, 6) is 0.511. The van der Waals surface area contributed by atoms with E-state index in [4.69, 9.17) is 9.47 Å². The third kappa shape index (κ3) is 3.24. The first kappa shape index (κ1) is 13.4. The van der Waals surface area contributed by atoms with Gasteiger partial charge in [0.05, 0.1) is 12.3 Å². The number of carbonyl (C=O) groups is 1. The zero-order valence-corrected chi connectivity index (χ0v) is 11.4. The number of ether oxygens (including phenoxy) is 2. The topological polar surface area (TPSA) is 59.9 Å². The van der Waals surface area contributed by atoms with E-state index in [9.17, 15) is 4.79 Å². The van der Waals surface area contributed by atoms with Crippen LogP contribution in [0.1, 0.15) is 26.3 Å². The highest BCUT2D eigenvalue weighted by molar-refractivity contribution is 6.35. The summed E-state index contributed by atoms with van der Waals surface area (Å²) in [5, 5.41) is 4.01. The SMILES string of the molecule is CCOC(=O)/C(C)=N/Nc1ccc2c(c1)CC(C)O2. The van der Waals surface area contributed by atoms with Gasteiger partial charge in [0.2, 0.25) is 0 Å². The molecule has 1 aliphatic heterocycles. The number of hydrogen-bond acceptors (Lipinski definition) is 5. The summed E-state index contributed by atoms with van der Waals surface area (Å²) < 4.78 is 10.5. The number of rotatable bonds is 4. The van der Waals surface area contributed by atoms with Crippen LogP contribution in [0.15, 0.2) is 23.3 Å². The molecular formula is C14H18N2O3. The predicted molar refractivity (Wildman–Crippen MR) is 73.6 cm³/mol. The summed E-state index contributed by atoms with van der Waals surface area (Å²) in [7, 11) is 0. The van der Waals surface area contributed by atoms with Crippen molar-refractivity contribution in [1.82, 2.24) is 0 Å². The molecule has 1 N–H and O–H groups in total. The van der Waals surface area contributed by atoms with E-state index in [0.717, 1.165) is 23.4 Å². The number of benzene rings is 1. The summed E-state index contributed by atoms with van der Waals surface area (Å²) >= 11 is 0. The van der Waals surface area contributed by atoms with Crippen LogP contribution in [0.3, 0.4) is 0 Å². The third-order valence-corrected chi connectivity index (χ3v) is 2.82. The Morgan fingerprint density at radius 2 is 2.37 bits per heavy atom. The molecule has 0 spiro atoms. The second-order valence-corrected chi connectivity index (χ2v) is 4.48. The lowest BCUT2D eigenvalue weighted by Crippen LogP contribution is -2.15. The van der Waals surface area contributed by atoms with Crippen molar-refractivity contribution in [1.29, 1.82) is 0 Å². The van der Waals surface area contributed by atoms with Crippen LogP contribution in [0.2, 0.25) is 0 Å². The molecule has 1 unspecified atom stereocenters. The number of hydrazone groups is 1. The van der Waals surface area contributed by atoms with Gasteiger partial charge in [0, 0.05) is 6.42 Å². The molecule has 5 heteroatoms. The van der Waals surface area contributed by atoms with Crippen molar-refractivity contribution < 1.29 is 14.3 Å². The molecule has 19 heavy (non-hydrogen) atoms. The molecule has 102 valence electrons. The van der Waals surface area contributed by atoms with Gasteiger partial charge in [-0.15, -0.1) is 0 Å². The van der Waals surface area contributed by atoms with Crippen LogP contribution in [0.5, 0.6) is 5.75 Å². The lowest BCUT2D eigenvalue weighted by molar-refractivity contribution is -0.135. The van der Waals surface area contributed by atoms with E-state index >= 15 is 0 Å². The van der Waals surface area contributed by atoms with E-state index < -0.39 is 5.97 Å². The first-order chi connectivity index (χ1) is 9.10. The van der Waals surface area contributed by atoms with E-state index in [-0.39, 0.29) is 6.10 Å². The Bertz CT molecular complexity index is 511. The quantitative estimate of drug-likeness (QED) is 0.514. The maximum atomic E-state index is 11.4. The number of nitrogens with zero attached hydrogens (tertiary/aromatic N) is 1. The average Bonchev–Trinajstić information content (AvgIpc) is 2.75. The fraction of sp³-hybridized carbons (Fsp3) is 0.429. The van der Waals surface area contributed by atoms with Gasteiger partial charge < -0.3 is 9.47 Å². The Kier molecular flexibility index (Phi) is 4.04. The Labute approximate surface area is 112 Å². The molecule has 2 rings (SSSR count). The molecule has 0 aliphatic carbocycles. The first-order valence-corrected chi connectivity index (χ1v) is 6.37. The average molecular weight is 262 g/mol. The molecule has 5 nitrogen and oxygen atoms in total. The molecule has 0 fully saturated rings. The zero-order valence-electron chi connectivity index (χ0n) is 11.4. The van der Waals surface area contributed by atoms with Crippen molar-refractivity contribution in [3.63, 3.8) is 0 Å². The molecular weight excluding hydrogens is 244 g/mol. The van der Waals surface area contributed by atoms with Crippen LogP contribution in [0, 0.1) is 0 Å². The lowest BCUT2D eigenvalue weighted by Gasteiger charge is -2.05. The fourth-order valence-electron chi connectivity index (χ4n) is 1.92. The summed E-state index contributed by atoms with van der Waals surface area (Å²) in [6.07, 6.45) is 1.11. The van der Waals surface area contributed by atoms with Gasteiger partial charge in [0.15, 0.2) is 0 Å². The monoisotopic (exact) mass is 262 g/mol. The zero-order chi connectivity index (χ0) is 13.8. The molecule has 0 aromatic heterocycles. The van der Waals surface area contributed by atoms with Crippen molar-refractivity contribution in [3.05, 3.63) is 23.8 Å². The molecule has 0 amide bonds. The number of anilines is 1. The van der Waals surface area contributed by atoms with E-state index in [2.05, 4.69) is 10.5 Å². The Hall–Kier alpha value is -2.04. The highest BCUT2D eigenvalue weighted by atomic mass is 16.5. The molecule has 1 aromatic carbocycles. The molecule has 1 atom stereocenters. The highest BCUT2D eigenvalue weighted by Gasteiger charge is 2.18. The Morgan fingerprint density at radius 1 is 1.58 bits per heavy atom. The standard InChI is InChI=1S/C14H18N2O3/c1-4-18-14(17)10(3)15-16-12-5-6-13-11(8-12)7-9(2)19-13/h5-6,8-9,16H,4,7H2,1-3H3/b15-10+. The molecule has 1 aliphatic rings. The fourth-order valence-corrected chi connectivity index (χ4v) is 1.92. The minimum Gasteiger partial charge on any atom is -0.490 e. The number of esters is 1. The minimum absolute atomic E-state index is 0.218. The van der Waals surface area contributed by atoms with Gasteiger partial charge >= 0.3 is 5.97 Å². The lowest BCUT2D eigenvalue weighted by atomic mass is 10.1. The van der Waals surface area contributed by atoms with Crippen LogP contribution in [0.4, 0.5) is 5.69 Å². The van der Waals surface area contributed by atoms with Crippen LogP contribution in [-0.2, 0) is 16.0 Å². The van der Waals surface area contributed by atoms with Crippen molar-refractivity contribution in [3.8, 4) is 5.75 Å². The number of nitrogens with one attached hydrogen (secondary N) is 1. The van der Waals surface area contributed by atoms with Gasteiger partial charge in [0.1, 0.15) is 17.6 Å². The van der Waals surface area contributed by atoms with Crippen molar-refractivity contribution >= 4 is 17.4 Å². The Balaban J connectivity index is 2.03. The third-order valence-electron chi connectivity index (χ3n) is 2.82. The number of fused-ring (bicyclic) bond motifs is 1. The van der Waals surface area contributed by atoms with Gasteiger partial charge in [-0.2, -0.15) is 5.10 Å². The van der Waals surface area contributed by atoms with E-state index in [0.29, 0.717) is 12.3 Å². The van der Waals surface area contributed by atoms with E-state index in [1.807, 2.05) is 25.1 Å². The second kappa shape index (κ2) is 5.73. The predicted octanol–water partition coefficient (Wildman–Crippen LogP) is 2.36. The van der Waals surface area contributed by atoms with E-state index in [1.165, 1.54) is 0 Å². The molecule has 0 saturated carbocycles. The smallest absolute Gasteiger partial charge is 0.354 e. The van der Waals surface area contributed by atoms with E-state index in [1.54, 1.807) is 13.8 Å². The number of hydrogen-bond donors (Lipinski definition) is 1. The van der Waals surface area contributed by atoms with Crippen LogP contribution in [-0.4, -0.2) is 24.4 Å². The summed E-state index contributed by atoms with van der Waals surface area (Å²) in [4.78, 5) is 11.4. The summed E-state index contributed by atoms with van der Waals surface area (Å²) in [5.41, 5.74) is 5.15. The summed E-state index contributed by atoms with van der Waals surface area (Å²) in [6, 6.07) is 5.77. The molecule has 0 radical (unpaired) electrons.